The molecule has 0 spiro atoms. The Morgan fingerprint density at radius 1 is 1.57 bits per heavy atom. The number of carbonyl (C=O) groups excluding carboxylic acids is 1. The molecule has 0 saturated carbocycles. The summed E-state index contributed by atoms with van der Waals surface area (Å²) in [6, 6.07) is -0.496. The Labute approximate surface area is 126 Å². The van der Waals surface area contributed by atoms with E-state index < -0.39 is 5.97 Å². The molecule has 1 unspecified atom stereocenters. The number of hydrogen-bond acceptors (Lipinski definition) is 6. The molecule has 0 aliphatic carbocycles. The van der Waals surface area contributed by atoms with Crippen LogP contribution in [0.25, 0.3) is 0 Å². The van der Waals surface area contributed by atoms with Gasteiger partial charge in [0.2, 0.25) is 5.89 Å². The molecule has 2 N–H and O–H groups in total. The topological polar surface area (TPSA) is 109 Å². The van der Waals surface area contributed by atoms with E-state index in [1.807, 2.05) is 0 Å². The first-order chi connectivity index (χ1) is 10.1. The molecule has 9 heteroatoms. The van der Waals surface area contributed by atoms with Crippen molar-refractivity contribution in [2.45, 2.75) is 25.8 Å². The molecule has 1 saturated heterocycles. The number of rotatable bonds is 5. The molecule has 2 rings (SSSR count). The van der Waals surface area contributed by atoms with Crippen LogP contribution < -0.4 is 5.32 Å². The lowest BCUT2D eigenvalue weighted by Crippen LogP contribution is -2.51. The minimum atomic E-state index is -0.887. The number of thioether (sulfide) groups is 1. The minimum absolute atomic E-state index is 0.0245. The fourth-order valence-corrected chi connectivity index (χ4v) is 3.17. The molecule has 8 nitrogen and oxygen atoms in total. The molecule has 1 aliphatic rings. The second-order valence-corrected chi connectivity index (χ2v) is 5.89. The molecule has 0 aromatic carbocycles. The highest BCUT2D eigenvalue weighted by molar-refractivity contribution is 7.99. The average molecular weight is 314 g/mol. The van der Waals surface area contributed by atoms with Crippen molar-refractivity contribution in [3.63, 3.8) is 0 Å². The third-order valence-electron chi connectivity index (χ3n) is 3.08. The first-order valence-corrected chi connectivity index (χ1v) is 7.85. The lowest BCUT2D eigenvalue weighted by Gasteiger charge is -2.34. The lowest BCUT2D eigenvalue weighted by molar-refractivity contribution is -0.137. The maximum Gasteiger partial charge on any atom is 0.317 e. The van der Waals surface area contributed by atoms with Crippen molar-refractivity contribution in [2.24, 2.45) is 0 Å². The van der Waals surface area contributed by atoms with Crippen LogP contribution in [0, 0.1) is 6.92 Å². The van der Waals surface area contributed by atoms with E-state index in [1.165, 1.54) is 0 Å². The second kappa shape index (κ2) is 7.30. The minimum Gasteiger partial charge on any atom is -0.481 e. The predicted octanol–water partition coefficient (Wildman–Crippen LogP) is 0.522. The highest BCUT2D eigenvalue weighted by atomic mass is 32.2. The summed E-state index contributed by atoms with van der Waals surface area (Å²) in [6.07, 6.45) is 0.433. The number of amides is 2. The first kappa shape index (κ1) is 15.6. The van der Waals surface area contributed by atoms with E-state index in [0.29, 0.717) is 37.0 Å². The van der Waals surface area contributed by atoms with Gasteiger partial charge in [0, 0.05) is 31.0 Å². The van der Waals surface area contributed by atoms with Crippen LogP contribution in [0.15, 0.2) is 4.52 Å². The summed E-state index contributed by atoms with van der Waals surface area (Å²) in [4.78, 5) is 28.6. The van der Waals surface area contributed by atoms with Gasteiger partial charge in [-0.05, 0) is 6.92 Å². The van der Waals surface area contributed by atoms with Gasteiger partial charge in [-0.25, -0.2) is 4.79 Å². The van der Waals surface area contributed by atoms with E-state index >= 15 is 0 Å². The van der Waals surface area contributed by atoms with Crippen LogP contribution in [0.2, 0.25) is 0 Å². The summed E-state index contributed by atoms with van der Waals surface area (Å²) in [5.41, 5.74) is 0. The van der Waals surface area contributed by atoms with Crippen molar-refractivity contribution < 1.29 is 19.2 Å². The number of aromatic nitrogens is 2. The quantitative estimate of drug-likeness (QED) is 0.815. The number of hydrogen-bond donors (Lipinski definition) is 2. The fraction of sp³-hybridized carbons (Fsp3) is 0.667. The van der Waals surface area contributed by atoms with Crippen LogP contribution in [0.4, 0.5) is 4.79 Å². The van der Waals surface area contributed by atoms with Crippen LogP contribution in [0.3, 0.4) is 0 Å². The van der Waals surface area contributed by atoms with Crippen LogP contribution >= 0.6 is 11.8 Å². The number of nitrogens with zero attached hydrogens (tertiary/aromatic N) is 3. The largest absolute Gasteiger partial charge is 0.481 e. The molecule has 1 aliphatic heterocycles. The molecule has 2 amide bonds. The Kier molecular flexibility index (Phi) is 5.43. The van der Waals surface area contributed by atoms with Crippen molar-refractivity contribution in [3.05, 3.63) is 11.7 Å². The highest BCUT2D eigenvalue weighted by Crippen LogP contribution is 2.19. The van der Waals surface area contributed by atoms with Gasteiger partial charge < -0.3 is 19.8 Å². The normalized spacial score (nSPS) is 18.5. The molecule has 1 atom stereocenters. The summed E-state index contributed by atoms with van der Waals surface area (Å²) >= 11 is 1.67. The van der Waals surface area contributed by atoms with Crippen LogP contribution in [-0.4, -0.2) is 62.8 Å². The van der Waals surface area contributed by atoms with E-state index in [2.05, 4.69) is 15.5 Å². The van der Waals surface area contributed by atoms with Gasteiger partial charge in [0.1, 0.15) is 0 Å². The predicted molar refractivity (Wildman–Crippen MR) is 76.2 cm³/mol. The third-order valence-corrected chi connectivity index (χ3v) is 4.18. The molecule has 0 bridgehead atoms. The third kappa shape index (κ3) is 4.62. The molecular weight excluding hydrogens is 296 g/mol. The van der Waals surface area contributed by atoms with Crippen molar-refractivity contribution in [3.8, 4) is 0 Å². The molecule has 2 heterocycles. The smallest absolute Gasteiger partial charge is 0.317 e. The zero-order valence-corrected chi connectivity index (χ0v) is 12.6. The number of carboxylic acids is 1. The van der Waals surface area contributed by atoms with Crippen LogP contribution in [0.1, 0.15) is 18.1 Å². The van der Waals surface area contributed by atoms with Gasteiger partial charge in [-0.3, -0.25) is 4.79 Å². The Morgan fingerprint density at radius 2 is 2.38 bits per heavy atom. The molecule has 0 radical (unpaired) electrons. The lowest BCUT2D eigenvalue weighted by atomic mass is 10.2. The van der Waals surface area contributed by atoms with Gasteiger partial charge in [0.25, 0.3) is 0 Å². The van der Waals surface area contributed by atoms with E-state index in [4.69, 9.17) is 9.63 Å². The molecule has 1 aromatic heterocycles. The Bertz CT molecular complexity index is 507. The fourth-order valence-electron chi connectivity index (χ4n) is 2.11. The van der Waals surface area contributed by atoms with E-state index in [1.54, 1.807) is 23.6 Å². The molecule has 21 heavy (non-hydrogen) atoms. The zero-order valence-electron chi connectivity index (χ0n) is 11.7. The standard InChI is InChI=1S/C12H18N4O4S/c1-8-14-10(20-15-8)2-3-13-12(19)16-4-5-21-7-9(16)6-11(17)18/h9H,2-7H2,1H3,(H,13,19)(H,17,18). The van der Waals surface area contributed by atoms with Gasteiger partial charge >= 0.3 is 12.0 Å². The van der Waals surface area contributed by atoms with Crippen LogP contribution in [0.5, 0.6) is 0 Å². The Morgan fingerprint density at radius 3 is 3.05 bits per heavy atom. The highest BCUT2D eigenvalue weighted by Gasteiger charge is 2.28. The number of nitrogens with one attached hydrogen (secondary N) is 1. The summed E-state index contributed by atoms with van der Waals surface area (Å²) in [7, 11) is 0. The monoisotopic (exact) mass is 314 g/mol. The number of carbonyl (C=O) groups is 2. The van der Waals surface area contributed by atoms with Gasteiger partial charge in [0.15, 0.2) is 5.82 Å². The number of carboxylic acid groups (broad SMARTS) is 1. The van der Waals surface area contributed by atoms with Crippen molar-refractivity contribution in [2.75, 3.05) is 24.6 Å². The second-order valence-electron chi connectivity index (χ2n) is 4.74. The van der Waals surface area contributed by atoms with E-state index in [-0.39, 0.29) is 18.5 Å². The van der Waals surface area contributed by atoms with Crippen LogP contribution in [-0.2, 0) is 11.2 Å². The molecular formula is C12H18N4O4S. The summed E-state index contributed by atoms with van der Waals surface area (Å²) in [5, 5.41) is 15.3. The van der Waals surface area contributed by atoms with Crippen molar-refractivity contribution in [1.82, 2.24) is 20.4 Å². The van der Waals surface area contributed by atoms with Gasteiger partial charge in [-0.2, -0.15) is 16.7 Å². The Hall–Kier alpha value is -1.77. The van der Waals surface area contributed by atoms with E-state index in [0.717, 1.165) is 5.75 Å². The van der Waals surface area contributed by atoms with Gasteiger partial charge in [-0.15, -0.1) is 0 Å². The first-order valence-electron chi connectivity index (χ1n) is 6.69. The molecule has 1 fully saturated rings. The Balaban J connectivity index is 1.81. The number of aliphatic carboxylic acids is 1. The maximum absolute atomic E-state index is 12.1. The zero-order chi connectivity index (χ0) is 15.2. The van der Waals surface area contributed by atoms with Gasteiger partial charge in [0.05, 0.1) is 12.5 Å². The SMILES string of the molecule is Cc1noc(CCNC(=O)N2CCSCC2CC(=O)O)n1. The van der Waals surface area contributed by atoms with Gasteiger partial charge in [-0.1, -0.05) is 5.16 Å². The number of urea groups is 1. The summed E-state index contributed by atoms with van der Waals surface area (Å²) in [5.74, 6) is 1.63. The molecule has 116 valence electrons. The van der Waals surface area contributed by atoms with Crippen molar-refractivity contribution >= 4 is 23.8 Å². The van der Waals surface area contributed by atoms with Crippen molar-refractivity contribution in [1.29, 1.82) is 0 Å². The summed E-state index contributed by atoms with van der Waals surface area (Å²) in [6.45, 7) is 2.67. The van der Waals surface area contributed by atoms with E-state index in [9.17, 15) is 9.59 Å². The molecule has 1 aromatic rings. The average Bonchev–Trinajstić information content (AvgIpc) is 2.84. The number of aryl methyl sites for hydroxylation is 1. The summed E-state index contributed by atoms with van der Waals surface area (Å²) < 4.78 is 4.96. The maximum atomic E-state index is 12.1.